The van der Waals surface area contributed by atoms with Crippen LogP contribution < -0.4 is 0 Å². The minimum atomic E-state index is -0.807. The third-order valence-corrected chi connectivity index (χ3v) is 6.36. The molecule has 0 spiro atoms. The standard InChI is InChI=1S/C28H54O7/c1-26(2)20-25-32-35-28(21-16-12-8-6-7-9-13-17-22-28)34-31-24-19-15-11-10-14-18-23-30-33-27(3,4)29-5/h1,6-25H2,2-5H3. The van der Waals surface area contributed by atoms with Gasteiger partial charge in [0.05, 0.1) is 19.8 Å². The van der Waals surface area contributed by atoms with E-state index < -0.39 is 11.6 Å². The zero-order valence-electron chi connectivity index (χ0n) is 23.2. The summed E-state index contributed by atoms with van der Waals surface area (Å²) < 4.78 is 5.15. The second-order valence-corrected chi connectivity index (χ2v) is 10.4. The largest absolute Gasteiger partial charge is 0.351 e. The van der Waals surface area contributed by atoms with E-state index in [2.05, 4.69) is 6.58 Å². The summed E-state index contributed by atoms with van der Waals surface area (Å²) in [6.45, 7) is 11.2. The van der Waals surface area contributed by atoms with Crippen LogP contribution in [0.3, 0.4) is 0 Å². The lowest BCUT2D eigenvalue weighted by molar-refractivity contribution is -0.514. The number of unbranched alkanes of at least 4 members (excludes halogenated alkanes) is 5. The third kappa shape index (κ3) is 18.4. The minimum absolute atomic E-state index is 0.488. The molecule has 0 aromatic carbocycles. The van der Waals surface area contributed by atoms with Crippen molar-refractivity contribution in [3.8, 4) is 0 Å². The highest BCUT2D eigenvalue weighted by atomic mass is 17.3. The van der Waals surface area contributed by atoms with Gasteiger partial charge in [-0.1, -0.05) is 69.8 Å². The molecule has 208 valence electrons. The van der Waals surface area contributed by atoms with Crippen molar-refractivity contribution in [3.05, 3.63) is 12.2 Å². The van der Waals surface area contributed by atoms with E-state index in [1.54, 1.807) is 7.11 Å². The molecule has 0 radical (unpaired) electrons. The first-order valence-corrected chi connectivity index (χ1v) is 14.0. The molecule has 1 saturated carbocycles. The number of methoxy groups -OCH3 is 1. The number of hydrogen-bond acceptors (Lipinski definition) is 7. The fourth-order valence-corrected chi connectivity index (χ4v) is 3.92. The van der Waals surface area contributed by atoms with Gasteiger partial charge in [-0.25, -0.2) is 19.6 Å². The van der Waals surface area contributed by atoms with Crippen LogP contribution >= 0.6 is 0 Å². The highest BCUT2D eigenvalue weighted by Gasteiger charge is 2.35. The van der Waals surface area contributed by atoms with Crippen LogP contribution in [0.4, 0.5) is 0 Å². The lowest BCUT2D eigenvalue weighted by Crippen LogP contribution is -2.37. The zero-order chi connectivity index (χ0) is 25.7. The van der Waals surface area contributed by atoms with Crippen LogP contribution in [-0.2, 0) is 34.1 Å². The van der Waals surface area contributed by atoms with Gasteiger partial charge < -0.3 is 4.74 Å². The molecule has 0 aliphatic heterocycles. The van der Waals surface area contributed by atoms with E-state index in [0.717, 1.165) is 63.4 Å². The molecule has 0 bridgehead atoms. The molecule has 1 aliphatic rings. The van der Waals surface area contributed by atoms with Gasteiger partial charge in [0.2, 0.25) is 5.79 Å². The van der Waals surface area contributed by atoms with Crippen molar-refractivity contribution in [2.24, 2.45) is 0 Å². The second kappa shape index (κ2) is 20.5. The molecule has 0 saturated heterocycles. The van der Waals surface area contributed by atoms with Crippen molar-refractivity contribution in [2.45, 2.75) is 141 Å². The topological polar surface area (TPSA) is 64.6 Å². The Kier molecular flexibility index (Phi) is 19.0. The van der Waals surface area contributed by atoms with Gasteiger partial charge >= 0.3 is 0 Å². The first-order chi connectivity index (χ1) is 16.9. The molecule has 7 nitrogen and oxygen atoms in total. The molecule has 1 aliphatic carbocycles. The Morgan fingerprint density at radius 2 is 1.14 bits per heavy atom. The number of ether oxygens (including phenoxy) is 1. The molecule has 0 aromatic heterocycles. The Labute approximate surface area is 214 Å². The molecule has 0 N–H and O–H groups in total. The maximum absolute atomic E-state index is 5.95. The quantitative estimate of drug-likeness (QED) is 0.0580. The summed E-state index contributed by atoms with van der Waals surface area (Å²) >= 11 is 0. The summed E-state index contributed by atoms with van der Waals surface area (Å²) in [5.41, 5.74) is 1.08. The molecular formula is C28H54O7. The third-order valence-electron chi connectivity index (χ3n) is 6.36. The minimum Gasteiger partial charge on any atom is -0.351 e. The SMILES string of the molecule is C=C(C)CCOOC1(OOCCCCCCCCOOC(C)(C)OC)CCCCCCCCCC1. The lowest BCUT2D eigenvalue weighted by Gasteiger charge is -2.31. The highest BCUT2D eigenvalue weighted by molar-refractivity contribution is 4.86. The van der Waals surface area contributed by atoms with Gasteiger partial charge in [-0.05, 0) is 52.9 Å². The summed E-state index contributed by atoms with van der Waals surface area (Å²) in [6.07, 6.45) is 18.6. The van der Waals surface area contributed by atoms with Gasteiger partial charge in [0.15, 0.2) is 5.79 Å². The van der Waals surface area contributed by atoms with Crippen LogP contribution in [0.2, 0.25) is 0 Å². The smallest absolute Gasteiger partial charge is 0.233 e. The lowest BCUT2D eigenvalue weighted by atomic mass is 10.0. The maximum Gasteiger partial charge on any atom is 0.233 e. The van der Waals surface area contributed by atoms with E-state index in [9.17, 15) is 0 Å². The monoisotopic (exact) mass is 502 g/mol. The van der Waals surface area contributed by atoms with Crippen molar-refractivity contribution in [2.75, 3.05) is 26.9 Å². The highest BCUT2D eigenvalue weighted by Crippen LogP contribution is 2.30. The summed E-state index contributed by atoms with van der Waals surface area (Å²) in [6, 6.07) is 0. The van der Waals surface area contributed by atoms with E-state index in [1.807, 2.05) is 20.8 Å². The molecule has 0 unspecified atom stereocenters. The van der Waals surface area contributed by atoms with E-state index in [-0.39, 0.29) is 0 Å². The predicted molar refractivity (Wildman–Crippen MR) is 138 cm³/mol. The molecule has 7 heteroatoms. The van der Waals surface area contributed by atoms with E-state index in [1.165, 1.54) is 51.4 Å². The van der Waals surface area contributed by atoms with Gasteiger partial charge in [0.25, 0.3) is 0 Å². The van der Waals surface area contributed by atoms with Crippen LogP contribution in [0, 0.1) is 0 Å². The first kappa shape index (κ1) is 32.5. The number of hydrogen-bond donors (Lipinski definition) is 0. The van der Waals surface area contributed by atoms with Gasteiger partial charge in [-0.3, -0.25) is 0 Å². The molecule has 0 amide bonds. The molecular weight excluding hydrogens is 448 g/mol. The van der Waals surface area contributed by atoms with Crippen LogP contribution in [0.5, 0.6) is 0 Å². The van der Waals surface area contributed by atoms with Crippen molar-refractivity contribution in [1.29, 1.82) is 0 Å². The zero-order valence-corrected chi connectivity index (χ0v) is 23.2. The summed E-state index contributed by atoms with van der Waals surface area (Å²) in [5.74, 6) is -1.50. The van der Waals surface area contributed by atoms with Crippen molar-refractivity contribution in [3.63, 3.8) is 0 Å². The van der Waals surface area contributed by atoms with E-state index >= 15 is 0 Å². The fourth-order valence-electron chi connectivity index (χ4n) is 3.92. The van der Waals surface area contributed by atoms with Gasteiger partial charge in [-0.2, -0.15) is 9.78 Å². The first-order valence-electron chi connectivity index (χ1n) is 14.0. The molecule has 0 atom stereocenters. The Bertz CT molecular complexity index is 498. The van der Waals surface area contributed by atoms with Crippen LogP contribution in [0.1, 0.15) is 130 Å². The van der Waals surface area contributed by atoms with Crippen molar-refractivity contribution < 1.29 is 34.1 Å². The average Bonchev–Trinajstić information content (AvgIpc) is 2.88. The van der Waals surface area contributed by atoms with Crippen LogP contribution in [-0.4, -0.2) is 38.5 Å². The summed E-state index contributed by atoms with van der Waals surface area (Å²) in [5, 5.41) is 0. The van der Waals surface area contributed by atoms with E-state index in [4.69, 9.17) is 34.1 Å². The Morgan fingerprint density at radius 3 is 1.66 bits per heavy atom. The maximum atomic E-state index is 5.95. The molecule has 0 aromatic rings. The summed E-state index contributed by atoms with van der Waals surface area (Å²) in [7, 11) is 1.60. The van der Waals surface area contributed by atoms with E-state index in [0.29, 0.717) is 19.8 Å². The van der Waals surface area contributed by atoms with Crippen LogP contribution in [0.15, 0.2) is 12.2 Å². The van der Waals surface area contributed by atoms with Crippen LogP contribution in [0.25, 0.3) is 0 Å². The van der Waals surface area contributed by atoms with Gasteiger partial charge in [-0.15, -0.1) is 6.58 Å². The predicted octanol–water partition coefficient (Wildman–Crippen LogP) is 8.13. The van der Waals surface area contributed by atoms with Gasteiger partial charge in [0, 0.05) is 20.0 Å². The molecule has 1 fully saturated rings. The van der Waals surface area contributed by atoms with Gasteiger partial charge in [0.1, 0.15) is 0 Å². The molecule has 0 heterocycles. The normalized spacial score (nSPS) is 17.7. The number of rotatable bonds is 19. The Morgan fingerprint density at radius 1 is 0.686 bits per heavy atom. The Balaban J connectivity index is 2.25. The Hall–Kier alpha value is -0.540. The van der Waals surface area contributed by atoms with Crippen molar-refractivity contribution in [1.82, 2.24) is 0 Å². The molecule has 35 heavy (non-hydrogen) atoms. The average molecular weight is 503 g/mol. The summed E-state index contributed by atoms with van der Waals surface area (Å²) in [4.78, 5) is 33.5. The van der Waals surface area contributed by atoms with Crippen molar-refractivity contribution >= 4 is 0 Å². The second-order valence-electron chi connectivity index (χ2n) is 10.4. The molecule has 1 rings (SSSR count). The fraction of sp³-hybridized carbons (Fsp3) is 0.929.